The number of esters is 2. The number of ether oxygens (including phenoxy) is 2. The Morgan fingerprint density at radius 1 is 1.35 bits per heavy atom. The second kappa shape index (κ2) is 6.88. The first-order valence-electron chi connectivity index (χ1n) is 6.07. The van der Waals surface area contributed by atoms with Crippen molar-refractivity contribution < 1.29 is 33.8 Å². The van der Waals surface area contributed by atoms with Crippen molar-refractivity contribution in [2.45, 2.75) is 25.3 Å². The molecule has 0 radical (unpaired) electrons. The van der Waals surface area contributed by atoms with Crippen molar-refractivity contribution in [2.75, 3.05) is 20.8 Å². The standard InChI is InChI=1S/C12H17NO7/c1-19-10(15)4-3-8(11(16)17)13-6-7(5-9(13)14)12(18)20-2/h7-8H,3-6H2,1-2H3,(H,16,17)/t7?,8-/m0/s1. The van der Waals surface area contributed by atoms with E-state index >= 15 is 0 Å². The number of hydrogen-bond acceptors (Lipinski definition) is 6. The van der Waals surface area contributed by atoms with E-state index in [0.29, 0.717) is 0 Å². The van der Waals surface area contributed by atoms with Gasteiger partial charge in [0.2, 0.25) is 5.91 Å². The lowest BCUT2D eigenvalue weighted by atomic mass is 10.1. The fraction of sp³-hybridized carbons (Fsp3) is 0.667. The first-order valence-corrected chi connectivity index (χ1v) is 6.07. The molecule has 0 aromatic heterocycles. The van der Waals surface area contributed by atoms with Crippen LogP contribution in [0.15, 0.2) is 0 Å². The minimum atomic E-state index is -1.22. The molecular formula is C12H17NO7. The number of carbonyl (C=O) groups excluding carboxylic acids is 3. The number of carboxylic acids is 1. The average Bonchev–Trinajstić information content (AvgIpc) is 2.79. The first-order chi connectivity index (χ1) is 9.40. The van der Waals surface area contributed by atoms with Gasteiger partial charge in [0.05, 0.1) is 20.1 Å². The highest BCUT2D eigenvalue weighted by Crippen LogP contribution is 2.23. The maximum atomic E-state index is 11.8. The van der Waals surface area contributed by atoms with Crippen LogP contribution in [0.1, 0.15) is 19.3 Å². The zero-order chi connectivity index (χ0) is 15.3. The Hall–Kier alpha value is -2.12. The molecule has 1 amide bonds. The van der Waals surface area contributed by atoms with Crippen LogP contribution in [0.2, 0.25) is 0 Å². The summed E-state index contributed by atoms with van der Waals surface area (Å²) in [4.78, 5) is 46.6. The van der Waals surface area contributed by atoms with Crippen molar-refractivity contribution in [3.63, 3.8) is 0 Å². The molecule has 1 N–H and O–H groups in total. The van der Waals surface area contributed by atoms with Gasteiger partial charge in [0.1, 0.15) is 6.04 Å². The van der Waals surface area contributed by atoms with Crippen LogP contribution in [0.5, 0.6) is 0 Å². The molecule has 1 saturated heterocycles. The van der Waals surface area contributed by atoms with Gasteiger partial charge in [-0.2, -0.15) is 0 Å². The summed E-state index contributed by atoms with van der Waals surface area (Å²) in [5.74, 6) is -3.40. The molecule has 0 aliphatic carbocycles. The number of likely N-dealkylation sites (tertiary alicyclic amines) is 1. The van der Waals surface area contributed by atoms with Gasteiger partial charge in [-0.3, -0.25) is 14.4 Å². The molecule has 8 heteroatoms. The predicted octanol–water partition coefficient (Wildman–Crippen LogP) is -0.586. The molecule has 1 aliphatic heterocycles. The highest BCUT2D eigenvalue weighted by molar-refractivity contribution is 5.90. The molecule has 0 spiro atoms. The molecule has 1 unspecified atom stereocenters. The smallest absolute Gasteiger partial charge is 0.326 e. The zero-order valence-electron chi connectivity index (χ0n) is 11.3. The summed E-state index contributed by atoms with van der Waals surface area (Å²) >= 11 is 0. The molecule has 1 fully saturated rings. The van der Waals surface area contributed by atoms with Gasteiger partial charge in [0, 0.05) is 19.4 Å². The zero-order valence-corrected chi connectivity index (χ0v) is 11.3. The fourth-order valence-electron chi connectivity index (χ4n) is 2.13. The van der Waals surface area contributed by atoms with E-state index in [1.165, 1.54) is 14.2 Å². The van der Waals surface area contributed by atoms with E-state index in [-0.39, 0.29) is 25.8 Å². The van der Waals surface area contributed by atoms with Crippen molar-refractivity contribution in [1.29, 1.82) is 0 Å². The number of hydrogen-bond donors (Lipinski definition) is 1. The third-order valence-electron chi connectivity index (χ3n) is 3.20. The Morgan fingerprint density at radius 2 is 2.00 bits per heavy atom. The van der Waals surface area contributed by atoms with Gasteiger partial charge < -0.3 is 19.5 Å². The van der Waals surface area contributed by atoms with Crippen molar-refractivity contribution in [3.8, 4) is 0 Å². The molecule has 1 rings (SSSR count). The van der Waals surface area contributed by atoms with Crippen molar-refractivity contribution >= 4 is 23.8 Å². The molecule has 0 aromatic carbocycles. The Labute approximate surface area is 115 Å². The first kappa shape index (κ1) is 15.9. The number of amides is 1. The van der Waals surface area contributed by atoms with Crippen molar-refractivity contribution in [2.24, 2.45) is 5.92 Å². The number of aliphatic carboxylic acids is 1. The van der Waals surface area contributed by atoms with E-state index < -0.39 is 35.8 Å². The van der Waals surface area contributed by atoms with E-state index in [1.54, 1.807) is 0 Å². The molecule has 112 valence electrons. The third-order valence-corrected chi connectivity index (χ3v) is 3.20. The summed E-state index contributed by atoms with van der Waals surface area (Å²) < 4.78 is 8.98. The third kappa shape index (κ3) is 3.69. The maximum Gasteiger partial charge on any atom is 0.326 e. The monoisotopic (exact) mass is 287 g/mol. The van der Waals surface area contributed by atoms with Crippen LogP contribution in [0.4, 0.5) is 0 Å². The SMILES string of the molecule is COC(=O)CC[C@@H](C(=O)O)N1CC(C(=O)OC)CC1=O. The van der Waals surface area contributed by atoms with Crippen molar-refractivity contribution in [3.05, 3.63) is 0 Å². The lowest BCUT2D eigenvalue weighted by molar-refractivity contribution is -0.150. The van der Waals surface area contributed by atoms with Gasteiger partial charge in [-0.25, -0.2) is 4.79 Å². The Balaban J connectivity index is 2.72. The van der Waals surface area contributed by atoms with Crippen LogP contribution >= 0.6 is 0 Å². The molecule has 1 heterocycles. The normalized spacial score (nSPS) is 19.6. The number of rotatable bonds is 6. The highest BCUT2D eigenvalue weighted by atomic mass is 16.5. The number of carbonyl (C=O) groups is 4. The summed E-state index contributed by atoms with van der Waals surface area (Å²) in [5.41, 5.74) is 0. The topological polar surface area (TPSA) is 110 Å². The molecular weight excluding hydrogens is 270 g/mol. The molecule has 0 saturated carbocycles. The van der Waals surface area contributed by atoms with E-state index in [1.807, 2.05) is 0 Å². The predicted molar refractivity (Wildman–Crippen MR) is 64.5 cm³/mol. The van der Waals surface area contributed by atoms with Gasteiger partial charge in [0.15, 0.2) is 0 Å². The largest absolute Gasteiger partial charge is 0.480 e. The van der Waals surface area contributed by atoms with Crippen LogP contribution in [-0.4, -0.2) is 60.6 Å². The molecule has 0 bridgehead atoms. The van der Waals surface area contributed by atoms with Crippen LogP contribution in [0, 0.1) is 5.92 Å². The van der Waals surface area contributed by atoms with Crippen LogP contribution in [0.3, 0.4) is 0 Å². The van der Waals surface area contributed by atoms with Gasteiger partial charge in [-0.1, -0.05) is 0 Å². The fourth-order valence-corrected chi connectivity index (χ4v) is 2.13. The number of carboxylic acid groups (broad SMARTS) is 1. The summed E-state index contributed by atoms with van der Waals surface area (Å²) in [5, 5.41) is 9.16. The van der Waals surface area contributed by atoms with Gasteiger partial charge in [-0.05, 0) is 6.42 Å². The number of nitrogens with zero attached hydrogens (tertiary/aromatic N) is 1. The van der Waals surface area contributed by atoms with E-state index in [9.17, 15) is 19.2 Å². The van der Waals surface area contributed by atoms with Crippen LogP contribution in [0.25, 0.3) is 0 Å². The second-order valence-electron chi connectivity index (χ2n) is 4.44. The summed E-state index contributed by atoms with van der Waals surface area (Å²) in [6.45, 7) is -0.0103. The Bertz CT molecular complexity index is 420. The summed E-state index contributed by atoms with van der Waals surface area (Å²) in [6.07, 6.45) is -0.240. The quantitative estimate of drug-likeness (QED) is 0.650. The minimum Gasteiger partial charge on any atom is -0.480 e. The summed E-state index contributed by atoms with van der Waals surface area (Å²) in [6, 6.07) is -1.14. The van der Waals surface area contributed by atoms with E-state index in [0.717, 1.165) is 4.90 Å². The van der Waals surface area contributed by atoms with E-state index in [4.69, 9.17) is 5.11 Å². The molecule has 0 aromatic rings. The molecule has 20 heavy (non-hydrogen) atoms. The van der Waals surface area contributed by atoms with Gasteiger partial charge >= 0.3 is 17.9 Å². The lowest BCUT2D eigenvalue weighted by Gasteiger charge is -2.24. The summed E-state index contributed by atoms with van der Waals surface area (Å²) in [7, 11) is 2.41. The molecule has 2 atom stereocenters. The molecule has 8 nitrogen and oxygen atoms in total. The second-order valence-corrected chi connectivity index (χ2v) is 4.44. The van der Waals surface area contributed by atoms with Gasteiger partial charge in [-0.15, -0.1) is 0 Å². The van der Waals surface area contributed by atoms with Gasteiger partial charge in [0.25, 0.3) is 0 Å². The van der Waals surface area contributed by atoms with Crippen LogP contribution in [-0.2, 0) is 28.7 Å². The Kier molecular flexibility index (Phi) is 5.48. The Morgan fingerprint density at radius 3 is 2.50 bits per heavy atom. The lowest BCUT2D eigenvalue weighted by Crippen LogP contribution is -2.42. The highest BCUT2D eigenvalue weighted by Gasteiger charge is 2.41. The average molecular weight is 287 g/mol. The maximum absolute atomic E-state index is 11.8. The minimum absolute atomic E-state index is 0.0103. The van der Waals surface area contributed by atoms with Crippen molar-refractivity contribution in [1.82, 2.24) is 4.90 Å². The molecule has 1 aliphatic rings. The van der Waals surface area contributed by atoms with E-state index in [2.05, 4.69) is 9.47 Å². The van der Waals surface area contributed by atoms with Crippen LogP contribution < -0.4 is 0 Å². The number of methoxy groups -OCH3 is 2.